The fourth-order valence-corrected chi connectivity index (χ4v) is 3.31. The summed E-state index contributed by atoms with van der Waals surface area (Å²) in [4.78, 5) is 13.4. The monoisotopic (exact) mass is 331 g/mol. The van der Waals surface area contributed by atoms with Gasteiger partial charge in [-0.25, -0.2) is 0 Å². The minimum atomic E-state index is -0.301. The van der Waals surface area contributed by atoms with Crippen molar-refractivity contribution in [2.75, 3.05) is 5.32 Å². The third-order valence-electron chi connectivity index (χ3n) is 2.84. The van der Waals surface area contributed by atoms with E-state index in [0.717, 1.165) is 15.5 Å². The van der Waals surface area contributed by atoms with Crippen LogP contribution in [-0.2, 0) is 5.75 Å². The van der Waals surface area contributed by atoms with Gasteiger partial charge in [0.2, 0.25) is 5.13 Å². The Morgan fingerprint density at radius 2 is 2.09 bits per heavy atom. The quantitative estimate of drug-likeness (QED) is 0.716. The maximum absolute atomic E-state index is 12.2. The van der Waals surface area contributed by atoms with Gasteiger partial charge in [0.25, 0.3) is 5.91 Å². The molecule has 0 aliphatic heterocycles. The van der Waals surface area contributed by atoms with E-state index in [9.17, 15) is 4.79 Å². The number of benzene rings is 1. The van der Waals surface area contributed by atoms with Crippen LogP contribution in [0.1, 0.15) is 21.1 Å². The number of anilines is 1. The Balaban J connectivity index is 1.67. The van der Waals surface area contributed by atoms with Gasteiger partial charge in [0.15, 0.2) is 5.76 Å². The van der Waals surface area contributed by atoms with Gasteiger partial charge in [0.05, 0.1) is 6.26 Å². The van der Waals surface area contributed by atoms with Gasteiger partial charge in [-0.1, -0.05) is 29.5 Å². The Bertz CT molecular complexity index is 768. The van der Waals surface area contributed by atoms with E-state index < -0.39 is 0 Å². The van der Waals surface area contributed by atoms with Crippen LogP contribution < -0.4 is 5.32 Å². The lowest BCUT2D eigenvalue weighted by atomic mass is 10.3. The Morgan fingerprint density at radius 1 is 1.27 bits per heavy atom. The number of furan rings is 1. The van der Waals surface area contributed by atoms with E-state index in [1.165, 1.54) is 17.6 Å². The molecule has 0 bridgehead atoms. The van der Waals surface area contributed by atoms with E-state index in [0.29, 0.717) is 16.6 Å². The molecule has 112 valence electrons. The van der Waals surface area contributed by atoms with Crippen LogP contribution in [0, 0.1) is 6.92 Å². The molecular formula is C15H13N3O2S2. The van der Waals surface area contributed by atoms with Crippen LogP contribution >= 0.6 is 23.1 Å². The SMILES string of the molecule is Cc1nnc(NC(=O)c2occc2CSc2ccccc2)s1. The predicted octanol–water partition coefficient (Wildman–Crippen LogP) is 3.98. The topological polar surface area (TPSA) is 68.0 Å². The maximum Gasteiger partial charge on any atom is 0.293 e. The van der Waals surface area contributed by atoms with Gasteiger partial charge in [-0.05, 0) is 25.1 Å². The van der Waals surface area contributed by atoms with Crippen LogP contribution in [0.25, 0.3) is 0 Å². The number of amides is 1. The van der Waals surface area contributed by atoms with Gasteiger partial charge in [0.1, 0.15) is 5.01 Å². The highest BCUT2D eigenvalue weighted by atomic mass is 32.2. The molecule has 0 saturated heterocycles. The lowest BCUT2D eigenvalue weighted by Crippen LogP contribution is -2.12. The zero-order chi connectivity index (χ0) is 15.4. The molecule has 3 aromatic rings. The van der Waals surface area contributed by atoms with Gasteiger partial charge in [0, 0.05) is 16.2 Å². The first kappa shape index (κ1) is 14.8. The summed E-state index contributed by atoms with van der Waals surface area (Å²) in [5.74, 6) is 0.680. The third kappa shape index (κ3) is 3.55. The zero-order valence-electron chi connectivity index (χ0n) is 11.8. The Hall–Kier alpha value is -2.12. The van der Waals surface area contributed by atoms with Crippen molar-refractivity contribution in [2.24, 2.45) is 0 Å². The van der Waals surface area contributed by atoms with Crippen LogP contribution in [-0.4, -0.2) is 16.1 Å². The van der Waals surface area contributed by atoms with Crippen LogP contribution in [0.5, 0.6) is 0 Å². The number of nitrogens with one attached hydrogen (secondary N) is 1. The number of carbonyl (C=O) groups excluding carboxylic acids is 1. The molecule has 1 amide bonds. The van der Waals surface area contributed by atoms with E-state index in [1.807, 2.05) is 43.3 Å². The van der Waals surface area contributed by atoms with Crippen LogP contribution in [0.2, 0.25) is 0 Å². The molecule has 0 saturated carbocycles. The summed E-state index contributed by atoms with van der Waals surface area (Å²) in [6.45, 7) is 1.84. The summed E-state index contributed by atoms with van der Waals surface area (Å²) in [7, 11) is 0. The molecule has 0 spiro atoms. The second kappa shape index (κ2) is 6.76. The number of nitrogens with zero attached hydrogens (tertiary/aromatic N) is 2. The molecule has 1 N–H and O–H groups in total. The van der Waals surface area contributed by atoms with Crippen molar-refractivity contribution in [1.29, 1.82) is 0 Å². The third-order valence-corrected chi connectivity index (χ3v) is 4.65. The maximum atomic E-state index is 12.2. The molecule has 0 atom stereocenters. The van der Waals surface area contributed by atoms with Crippen molar-refractivity contribution in [3.05, 3.63) is 59.0 Å². The first-order valence-electron chi connectivity index (χ1n) is 6.58. The molecule has 3 rings (SSSR count). The second-order valence-electron chi connectivity index (χ2n) is 4.46. The number of aromatic nitrogens is 2. The van der Waals surface area contributed by atoms with E-state index >= 15 is 0 Å². The van der Waals surface area contributed by atoms with Crippen molar-refractivity contribution in [2.45, 2.75) is 17.6 Å². The lowest BCUT2D eigenvalue weighted by Gasteiger charge is -2.03. The number of carbonyl (C=O) groups is 1. The van der Waals surface area contributed by atoms with Crippen molar-refractivity contribution in [3.8, 4) is 0 Å². The molecule has 0 radical (unpaired) electrons. The van der Waals surface area contributed by atoms with Crippen LogP contribution in [0.4, 0.5) is 5.13 Å². The highest BCUT2D eigenvalue weighted by Crippen LogP contribution is 2.25. The zero-order valence-corrected chi connectivity index (χ0v) is 13.4. The molecule has 0 unspecified atom stereocenters. The van der Waals surface area contributed by atoms with Crippen LogP contribution in [0.3, 0.4) is 0 Å². The summed E-state index contributed by atoms with van der Waals surface area (Å²) >= 11 is 2.98. The molecule has 0 aliphatic carbocycles. The molecule has 2 aromatic heterocycles. The number of thioether (sulfide) groups is 1. The summed E-state index contributed by atoms with van der Waals surface area (Å²) in [6, 6.07) is 11.8. The fourth-order valence-electron chi connectivity index (χ4n) is 1.83. The minimum absolute atomic E-state index is 0.301. The average molecular weight is 331 g/mol. The van der Waals surface area contributed by atoms with E-state index in [1.54, 1.807) is 11.8 Å². The van der Waals surface area contributed by atoms with Crippen molar-refractivity contribution in [3.63, 3.8) is 0 Å². The molecule has 22 heavy (non-hydrogen) atoms. The van der Waals surface area contributed by atoms with Gasteiger partial charge in [-0.3, -0.25) is 10.1 Å². The minimum Gasteiger partial charge on any atom is -0.459 e. The standard InChI is InChI=1S/C15H13N3O2S2/c1-10-17-18-15(22-10)16-14(19)13-11(7-8-20-13)9-21-12-5-3-2-4-6-12/h2-8H,9H2,1H3,(H,16,18,19). The van der Waals surface area contributed by atoms with Gasteiger partial charge >= 0.3 is 0 Å². The summed E-state index contributed by atoms with van der Waals surface area (Å²) in [5.41, 5.74) is 0.854. The molecular weight excluding hydrogens is 318 g/mol. The molecule has 5 nitrogen and oxygen atoms in total. The van der Waals surface area contributed by atoms with Gasteiger partial charge in [-0.15, -0.1) is 22.0 Å². The number of hydrogen-bond acceptors (Lipinski definition) is 6. The van der Waals surface area contributed by atoms with Gasteiger partial charge in [-0.2, -0.15) is 0 Å². The van der Waals surface area contributed by atoms with Crippen molar-refractivity contribution < 1.29 is 9.21 Å². The molecule has 7 heteroatoms. The first-order chi connectivity index (χ1) is 10.7. The molecule has 0 fully saturated rings. The van der Waals surface area contributed by atoms with Crippen molar-refractivity contribution >= 4 is 34.1 Å². The largest absolute Gasteiger partial charge is 0.459 e. The highest BCUT2D eigenvalue weighted by Gasteiger charge is 2.17. The molecule has 0 aliphatic rings. The Kier molecular flexibility index (Phi) is 4.55. The van der Waals surface area contributed by atoms with E-state index in [4.69, 9.17) is 4.42 Å². The number of rotatable bonds is 5. The van der Waals surface area contributed by atoms with Crippen LogP contribution in [0.15, 0.2) is 52.0 Å². The lowest BCUT2D eigenvalue weighted by molar-refractivity contribution is 0.0995. The van der Waals surface area contributed by atoms with Crippen molar-refractivity contribution in [1.82, 2.24) is 10.2 Å². The normalized spacial score (nSPS) is 10.6. The second-order valence-corrected chi connectivity index (χ2v) is 6.69. The number of aryl methyl sites for hydroxylation is 1. The Labute approximate surface area is 135 Å². The smallest absolute Gasteiger partial charge is 0.293 e. The summed E-state index contributed by atoms with van der Waals surface area (Å²) in [6.07, 6.45) is 1.53. The highest BCUT2D eigenvalue weighted by molar-refractivity contribution is 7.98. The van der Waals surface area contributed by atoms with Gasteiger partial charge < -0.3 is 4.42 Å². The predicted molar refractivity (Wildman–Crippen MR) is 87.3 cm³/mol. The Morgan fingerprint density at radius 3 is 2.82 bits per heavy atom. The average Bonchev–Trinajstić information content (AvgIpc) is 3.15. The van der Waals surface area contributed by atoms with E-state index in [2.05, 4.69) is 15.5 Å². The molecule has 1 aromatic carbocycles. The number of hydrogen-bond donors (Lipinski definition) is 1. The van der Waals surface area contributed by atoms with E-state index in [-0.39, 0.29) is 5.91 Å². The summed E-state index contributed by atoms with van der Waals surface area (Å²) < 4.78 is 5.32. The summed E-state index contributed by atoms with van der Waals surface area (Å²) in [5, 5.41) is 11.7. The first-order valence-corrected chi connectivity index (χ1v) is 8.38. The fraction of sp³-hybridized carbons (Fsp3) is 0.133. The molecule has 2 heterocycles.